The Morgan fingerprint density at radius 1 is 1.25 bits per heavy atom. The van der Waals surface area contributed by atoms with E-state index < -0.39 is 0 Å². The van der Waals surface area contributed by atoms with Crippen LogP contribution in [0.5, 0.6) is 0 Å². The van der Waals surface area contributed by atoms with Crippen LogP contribution in [0.15, 0.2) is 47.5 Å². The zero-order valence-corrected chi connectivity index (χ0v) is 12.2. The number of likely N-dealkylation sites (tertiary alicyclic amines) is 1. The summed E-state index contributed by atoms with van der Waals surface area (Å²) < 4.78 is 13.6. The average Bonchev–Trinajstić information content (AvgIpc) is 3.11. The van der Waals surface area contributed by atoms with Gasteiger partial charge in [0.05, 0.1) is 0 Å². The van der Waals surface area contributed by atoms with E-state index in [1.54, 1.807) is 17.8 Å². The second-order valence-electron chi connectivity index (χ2n) is 5.10. The van der Waals surface area contributed by atoms with Crippen LogP contribution < -0.4 is 0 Å². The lowest BCUT2D eigenvalue weighted by atomic mass is 10.1. The number of halogens is 1. The van der Waals surface area contributed by atoms with Gasteiger partial charge in [0.1, 0.15) is 5.82 Å². The van der Waals surface area contributed by atoms with Gasteiger partial charge in [-0.05, 0) is 43.7 Å². The predicted molar refractivity (Wildman–Crippen MR) is 81.5 cm³/mol. The minimum absolute atomic E-state index is 0.111. The van der Waals surface area contributed by atoms with Gasteiger partial charge in [-0.15, -0.1) is 11.8 Å². The fourth-order valence-corrected chi connectivity index (χ4v) is 3.76. The van der Waals surface area contributed by atoms with Crippen molar-refractivity contribution >= 4 is 11.8 Å². The second kappa shape index (κ2) is 6.46. The van der Waals surface area contributed by atoms with Crippen molar-refractivity contribution in [2.24, 2.45) is 0 Å². The summed E-state index contributed by atoms with van der Waals surface area (Å²) in [6.07, 6.45) is 4.44. The standard InChI is InChI=1S/C16H19FN2S/c17-13-5-1-2-8-16(13)20-12-11-19-10-4-7-15(19)14-6-3-9-18-14/h1-3,5-6,8-9,15,18H,4,7,10-12H2. The van der Waals surface area contributed by atoms with Gasteiger partial charge in [0.2, 0.25) is 0 Å². The van der Waals surface area contributed by atoms with Gasteiger partial charge in [0.25, 0.3) is 0 Å². The Kier molecular flexibility index (Phi) is 4.43. The molecule has 2 heterocycles. The molecule has 1 saturated heterocycles. The van der Waals surface area contributed by atoms with Crippen LogP contribution >= 0.6 is 11.8 Å². The molecule has 0 radical (unpaired) electrons. The molecule has 2 aromatic rings. The Bertz CT molecular complexity index is 541. The Hall–Kier alpha value is -1.26. The molecule has 0 saturated carbocycles. The lowest BCUT2D eigenvalue weighted by Gasteiger charge is -2.23. The maximum atomic E-state index is 13.6. The zero-order chi connectivity index (χ0) is 13.8. The van der Waals surface area contributed by atoms with Crippen molar-refractivity contribution in [2.45, 2.75) is 23.8 Å². The average molecular weight is 290 g/mol. The van der Waals surface area contributed by atoms with Crippen LogP contribution in [0, 0.1) is 5.82 Å². The van der Waals surface area contributed by atoms with Gasteiger partial charge in [0, 0.05) is 35.1 Å². The third-order valence-electron chi connectivity index (χ3n) is 3.82. The summed E-state index contributed by atoms with van der Waals surface area (Å²) in [4.78, 5) is 6.57. The number of hydrogen-bond donors (Lipinski definition) is 1. The van der Waals surface area contributed by atoms with Crippen molar-refractivity contribution in [3.8, 4) is 0 Å². The molecule has 1 fully saturated rings. The molecule has 3 rings (SSSR count). The first-order valence-electron chi connectivity index (χ1n) is 7.09. The first-order valence-corrected chi connectivity index (χ1v) is 8.08. The van der Waals surface area contributed by atoms with Gasteiger partial charge in [-0.3, -0.25) is 4.90 Å². The van der Waals surface area contributed by atoms with E-state index in [1.807, 2.05) is 18.3 Å². The van der Waals surface area contributed by atoms with E-state index in [-0.39, 0.29) is 5.82 Å². The molecule has 1 aromatic heterocycles. The fraction of sp³-hybridized carbons (Fsp3) is 0.375. The van der Waals surface area contributed by atoms with Crippen LogP contribution in [0.25, 0.3) is 0 Å². The molecule has 0 amide bonds. The molecule has 1 unspecified atom stereocenters. The van der Waals surface area contributed by atoms with Gasteiger partial charge < -0.3 is 4.98 Å². The quantitative estimate of drug-likeness (QED) is 0.837. The number of aromatic nitrogens is 1. The van der Waals surface area contributed by atoms with Gasteiger partial charge in [-0.2, -0.15) is 0 Å². The lowest BCUT2D eigenvalue weighted by molar-refractivity contribution is 0.270. The maximum absolute atomic E-state index is 13.6. The van der Waals surface area contributed by atoms with E-state index in [2.05, 4.69) is 22.0 Å². The highest BCUT2D eigenvalue weighted by molar-refractivity contribution is 7.99. The van der Waals surface area contributed by atoms with Crippen molar-refractivity contribution in [3.05, 3.63) is 54.1 Å². The fourth-order valence-electron chi connectivity index (χ4n) is 2.83. The predicted octanol–water partition coefficient (Wildman–Crippen LogP) is 4.08. The number of nitrogens with zero attached hydrogens (tertiary/aromatic N) is 1. The summed E-state index contributed by atoms with van der Waals surface area (Å²) in [6, 6.07) is 11.7. The maximum Gasteiger partial charge on any atom is 0.136 e. The highest BCUT2D eigenvalue weighted by Crippen LogP contribution is 2.31. The molecule has 0 aliphatic carbocycles. The molecule has 0 bridgehead atoms. The van der Waals surface area contributed by atoms with Crippen LogP contribution in [-0.4, -0.2) is 28.7 Å². The minimum Gasteiger partial charge on any atom is -0.364 e. The van der Waals surface area contributed by atoms with Crippen LogP contribution in [0.2, 0.25) is 0 Å². The van der Waals surface area contributed by atoms with Crippen LogP contribution in [0.4, 0.5) is 4.39 Å². The Labute approximate surface area is 123 Å². The van der Waals surface area contributed by atoms with E-state index in [9.17, 15) is 4.39 Å². The summed E-state index contributed by atoms with van der Waals surface area (Å²) in [6.45, 7) is 2.14. The number of nitrogens with one attached hydrogen (secondary N) is 1. The minimum atomic E-state index is -0.111. The number of rotatable bonds is 5. The zero-order valence-electron chi connectivity index (χ0n) is 11.4. The molecule has 1 aliphatic heterocycles. The smallest absolute Gasteiger partial charge is 0.136 e. The van der Waals surface area contributed by atoms with Crippen molar-refractivity contribution < 1.29 is 4.39 Å². The van der Waals surface area contributed by atoms with Gasteiger partial charge in [-0.1, -0.05) is 12.1 Å². The third-order valence-corrected chi connectivity index (χ3v) is 4.85. The Balaban J connectivity index is 1.54. The summed E-state index contributed by atoms with van der Waals surface area (Å²) in [5, 5.41) is 0. The number of aromatic amines is 1. The van der Waals surface area contributed by atoms with Crippen molar-refractivity contribution in [1.82, 2.24) is 9.88 Å². The molecule has 1 aliphatic rings. The van der Waals surface area contributed by atoms with Crippen LogP contribution in [0.3, 0.4) is 0 Å². The largest absolute Gasteiger partial charge is 0.364 e. The molecule has 1 N–H and O–H groups in total. The van der Waals surface area contributed by atoms with E-state index in [0.717, 1.165) is 23.7 Å². The molecule has 20 heavy (non-hydrogen) atoms. The van der Waals surface area contributed by atoms with Crippen LogP contribution in [-0.2, 0) is 0 Å². The van der Waals surface area contributed by atoms with Crippen LogP contribution in [0.1, 0.15) is 24.6 Å². The highest BCUT2D eigenvalue weighted by atomic mass is 32.2. The number of H-pyrrole nitrogens is 1. The topological polar surface area (TPSA) is 19.0 Å². The Morgan fingerprint density at radius 3 is 2.95 bits per heavy atom. The highest BCUT2D eigenvalue weighted by Gasteiger charge is 2.25. The summed E-state index contributed by atoms with van der Waals surface area (Å²) >= 11 is 1.61. The summed E-state index contributed by atoms with van der Waals surface area (Å²) in [5.74, 6) is 0.817. The monoisotopic (exact) mass is 290 g/mol. The summed E-state index contributed by atoms with van der Waals surface area (Å²) in [5.41, 5.74) is 1.30. The van der Waals surface area contributed by atoms with Gasteiger partial charge >= 0.3 is 0 Å². The molecule has 1 aromatic carbocycles. The molecular formula is C16H19FN2S. The number of benzene rings is 1. The lowest BCUT2D eigenvalue weighted by Crippen LogP contribution is -2.26. The van der Waals surface area contributed by atoms with Crippen molar-refractivity contribution in [2.75, 3.05) is 18.8 Å². The van der Waals surface area contributed by atoms with E-state index >= 15 is 0 Å². The molecule has 1 atom stereocenters. The molecular weight excluding hydrogens is 271 g/mol. The Morgan fingerprint density at radius 2 is 2.15 bits per heavy atom. The molecule has 0 spiro atoms. The first kappa shape index (κ1) is 13.7. The molecule has 106 valence electrons. The second-order valence-corrected chi connectivity index (χ2v) is 6.24. The van der Waals surface area contributed by atoms with Gasteiger partial charge in [0.15, 0.2) is 0 Å². The number of thioether (sulfide) groups is 1. The SMILES string of the molecule is Fc1ccccc1SCCN1CCCC1c1ccc[nH]1. The van der Waals surface area contributed by atoms with Crippen molar-refractivity contribution in [3.63, 3.8) is 0 Å². The third kappa shape index (κ3) is 3.07. The van der Waals surface area contributed by atoms with E-state index in [4.69, 9.17) is 0 Å². The normalized spacial score (nSPS) is 19.6. The summed E-state index contributed by atoms with van der Waals surface area (Å²) in [7, 11) is 0. The molecule has 2 nitrogen and oxygen atoms in total. The molecule has 4 heteroatoms. The van der Waals surface area contributed by atoms with Gasteiger partial charge in [-0.25, -0.2) is 4.39 Å². The number of hydrogen-bond acceptors (Lipinski definition) is 2. The first-order chi connectivity index (χ1) is 9.84. The van der Waals surface area contributed by atoms with E-state index in [1.165, 1.54) is 24.6 Å². The van der Waals surface area contributed by atoms with E-state index in [0.29, 0.717) is 6.04 Å². The van der Waals surface area contributed by atoms with Crippen molar-refractivity contribution in [1.29, 1.82) is 0 Å².